The lowest BCUT2D eigenvalue weighted by molar-refractivity contribution is 0.0342. The second kappa shape index (κ2) is 10.5. The van der Waals surface area contributed by atoms with Crippen molar-refractivity contribution in [3.05, 3.63) is 56.6 Å². The summed E-state index contributed by atoms with van der Waals surface area (Å²) in [6.45, 7) is 11.4. The van der Waals surface area contributed by atoms with E-state index in [0.29, 0.717) is 0 Å². The molecule has 5 heterocycles. The van der Waals surface area contributed by atoms with Gasteiger partial charge in [0.05, 0.1) is 34.1 Å². The number of halogens is 1. The fraction of sp³-hybridized carbons (Fsp3) is 0.423. The number of piperazine rings is 1. The molecule has 1 aromatic carbocycles. The predicted octanol–water partition coefficient (Wildman–Crippen LogP) is 4.31. The number of pyridine rings is 1. The van der Waals surface area contributed by atoms with E-state index in [9.17, 15) is 0 Å². The molecular weight excluding hydrogens is 538 g/mol. The van der Waals surface area contributed by atoms with Gasteiger partial charge in [-0.2, -0.15) is 0 Å². The fourth-order valence-electron chi connectivity index (χ4n) is 4.98. The number of hydrogen-bond donors (Lipinski definition) is 1. The van der Waals surface area contributed by atoms with Crippen LogP contribution in [0.4, 0.5) is 5.69 Å². The van der Waals surface area contributed by atoms with Gasteiger partial charge in [-0.3, -0.25) is 9.80 Å². The number of H-pyrrole nitrogens is 1. The molecule has 2 aliphatic heterocycles. The normalized spacial score (nSPS) is 17.8. The first kappa shape index (κ1) is 24.0. The average molecular weight is 569 g/mol. The summed E-state index contributed by atoms with van der Waals surface area (Å²) < 4.78 is 6.45. The third kappa shape index (κ3) is 5.19. The molecule has 0 saturated carbocycles. The molecule has 2 fully saturated rings. The number of fused-ring (bicyclic) bond motifs is 1. The minimum absolute atomic E-state index is 0.820. The first-order valence-corrected chi connectivity index (χ1v) is 14.1. The van der Waals surface area contributed by atoms with E-state index in [1.165, 1.54) is 11.3 Å². The summed E-state index contributed by atoms with van der Waals surface area (Å²) in [6, 6.07) is 8.71. The number of aryl methyl sites for hydroxylation is 1. The Bertz CT molecular complexity index is 1320. The third-order valence-electron chi connectivity index (χ3n) is 6.92. The summed E-state index contributed by atoms with van der Waals surface area (Å²) in [7, 11) is 0. The number of nitrogens with zero attached hydrogens (tertiary/aromatic N) is 6. The third-order valence-corrected chi connectivity index (χ3v) is 8.32. The maximum atomic E-state index is 5.46. The number of nitrogens with one attached hydrogen (secondary N) is 1. The number of anilines is 1. The fourth-order valence-corrected chi connectivity index (χ4v) is 6.13. The van der Waals surface area contributed by atoms with E-state index in [1.807, 2.05) is 6.20 Å². The van der Waals surface area contributed by atoms with E-state index in [-0.39, 0.29) is 0 Å². The van der Waals surface area contributed by atoms with Crippen LogP contribution in [0.2, 0.25) is 0 Å². The monoisotopic (exact) mass is 567 g/mol. The topological polar surface area (TPSA) is 73.4 Å². The molecule has 8 nitrogen and oxygen atoms in total. The average Bonchev–Trinajstić information content (AvgIpc) is 3.52. The van der Waals surface area contributed by atoms with Gasteiger partial charge in [0.25, 0.3) is 0 Å². The highest BCUT2D eigenvalue weighted by Gasteiger charge is 2.23. The second-order valence-corrected chi connectivity index (χ2v) is 11.4. The summed E-state index contributed by atoms with van der Waals surface area (Å²) in [4.78, 5) is 25.1. The smallest absolute Gasteiger partial charge is 0.159 e. The zero-order valence-electron chi connectivity index (χ0n) is 20.4. The first-order valence-electron chi connectivity index (χ1n) is 12.4. The van der Waals surface area contributed by atoms with Gasteiger partial charge in [-0.1, -0.05) is 24.3 Å². The van der Waals surface area contributed by atoms with Gasteiger partial charge >= 0.3 is 0 Å². The van der Waals surface area contributed by atoms with Crippen LogP contribution in [0, 0.1) is 6.92 Å². The number of ether oxygens (including phenoxy) is 1. The summed E-state index contributed by atoms with van der Waals surface area (Å²) in [5, 5.41) is 3.30. The van der Waals surface area contributed by atoms with Crippen molar-refractivity contribution in [1.29, 1.82) is 0 Å². The maximum Gasteiger partial charge on any atom is 0.159 e. The van der Waals surface area contributed by atoms with Crippen molar-refractivity contribution in [2.24, 2.45) is 0 Å². The minimum atomic E-state index is 0.820. The van der Waals surface area contributed by atoms with E-state index in [0.717, 1.165) is 103 Å². The van der Waals surface area contributed by atoms with Crippen LogP contribution >= 0.6 is 27.3 Å². The molecule has 0 bridgehead atoms. The van der Waals surface area contributed by atoms with Gasteiger partial charge in [0.1, 0.15) is 11.3 Å². The largest absolute Gasteiger partial charge is 0.379 e. The standard InChI is InChI=1S/C26H30BrN7OS/c1-18-29-21(17-36-18)16-32-6-8-34(9-7-32)24-22(27)14-28-26-23(24)30-25(31-26)20-4-2-19(3-5-20)15-33-10-12-35-13-11-33/h2-5,14,17H,6-13,15-16H2,1H3,(H,28,30,31). The Morgan fingerprint density at radius 1 is 0.972 bits per heavy atom. The van der Waals surface area contributed by atoms with E-state index in [1.54, 1.807) is 11.3 Å². The zero-order valence-corrected chi connectivity index (χ0v) is 22.8. The van der Waals surface area contributed by atoms with Gasteiger partial charge in [0.2, 0.25) is 0 Å². The van der Waals surface area contributed by atoms with Gasteiger partial charge in [-0.15, -0.1) is 11.3 Å². The van der Waals surface area contributed by atoms with Crippen LogP contribution in [-0.4, -0.2) is 82.2 Å². The summed E-state index contributed by atoms with van der Waals surface area (Å²) in [5.74, 6) is 0.854. The predicted molar refractivity (Wildman–Crippen MR) is 147 cm³/mol. The van der Waals surface area contributed by atoms with E-state index < -0.39 is 0 Å². The number of hydrogen-bond acceptors (Lipinski definition) is 8. The van der Waals surface area contributed by atoms with Crippen molar-refractivity contribution < 1.29 is 4.74 Å². The molecule has 3 aromatic heterocycles. The number of rotatable bonds is 6. The Labute approximate surface area is 223 Å². The Morgan fingerprint density at radius 2 is 1.72 bits per heavy atom. The van der Waals surface area contributed by atoms with Crippen molar-refractivity contribution in [3.63, 3.8) is 0 Å². The number of imidazole rings is 1. The molecule has 10 heteroatoms. The summed E-state index contributed by atoms with van der Waals surface area (Å²) >= 11 is 5.48. The number of benzene rings is 1. The highest BCUT2D eigenvalue weighted by molar-refractivity contribution is 9.10. The van der Waals surface area contributed by atoms with Crippen LogP contribution in [0.5, 0.6) is 0 Å². The molecule has 0 amide bonds. The van der Waals surface area contributed by atoms with Crippen LogP contribution in [0.15, 0.2) is 40.3 Å². The number of thiazole rings is 1. The lowest BCUT2D eigenvalue weighted by atomic mass is 10.1. The van der Waals surface area contributed by atoms with Gasteiger partial charge in [0.15, 0.2) is 5.65 Å². The van der Waals surface area contributed by atoms with Gasteiger partial charge < -0.3 is 14.6 Å². The highest BCUT2D eigenvalue weighted by atomic mass is 79.9. The maximum absolute atomic E-state index is 5.46. The SMILES string of the molecule is Cc1nc(CN2CCN(c3c(Br)cnc4[nH]c(-c5ccc(CN6CCOCC6)cc5)nc34)CC2)cs1. The minimum Gasteiger partial charge on any atom is -0.379 e. The molecule has 4 aromatic rings. The second-order valence-electron chi connectivity index (χ2n) is 9.44. The summed E-state index contributed by atoms with van der Waals surface area (Å²) in [6.07, 6.45) is 1.88. The molecule has 2 saturated heterocycles. The molecule has 0 spiro atoms. The van der Waals surface area contributed by atoms with E-state index in [2.05, 4.69) is 82.2 Å². The lowest BCUT2D eigenvalue weighted by Crippen LogP contribution is -2.46. The Kier molecular flexibility index (Phi) is 7.03. The van der Waals surface area contributed by atoms with E-state index >= 15 is 0 Å². The van der Waals surface area contributed by atoms with Crippen LogP contribution < -0.4 is 4.90 Å². The van der Waals surface area contributed by atoms with Crippen LogP contribution in [0.25, 0.3) is 22.6 Å². The molecule has 0 radical (unpaired) electrons. The molecule has 0 atom stereocenters. The number of aromatic amines is 1. The van der Waals surface area contributed by atoms with Crippen molar-refractivity contribution in [3.8, 4) is 11.4 Å². The molecule has 6 rings (SSSR count). The number of aromatic nitrogens is 4. The van der Waals surface area contributed by atoms with Gasteiger partial charge in [-0.25, -0.2) is 15.0 Å². The molecule has 36 heavy (non-hydrogen) atoms. The Balaban J connectivity index is 1.18. The first-order chi connectivity index (χ1) is 17.6. The van der Waals surface area contributed by atoms with Crippen molar-refractivity contribution in [2.45, 2.75) is 20.0 Å². The van der Waals surface area contributed by atoms with Crippen LogP contribution in [-0.2, 0) is 17.8 Å². The molecule has 2 aliphatic rings. The summed E-state index contributed by atoms with van der Waals surface area (Å²) in [5.41, 5.74) is 6.41. The van der Waals surface area contributed by atoms with Crippen LogP contribution in [0.1, 0.15) is 16.3 Å². The molecule has 1 N–H and O–H groups in total. The zero-order chi connectivity index (χ0) is 24.5. The molecule has 188 valence electrons. The lowest BCUT2D eigenvalue weighted by Gasteiger charge is -2.36. The highest BCUT2D eigenvalue weighted by Crippen LogP contribution is 2.34. The van der Waals surface area contributed by atoms with Crippen molar-refractivity contribution in [1.82, 2.24) is 29.7 Å². The Morgan fingerprint density at radius 3 is 2.44 bits per heavy atom. The molecule has 0 aliphatic carbocycles. The molecule has 0 unspecified atom stereocenters. The van der Waals surface area contributed by atoms with E-state index in [4.69, 9.17) is 9.72 Å². The Hall–Kier alpha value is -2.37. The van der Waals surface area contributed by atoms with Crippen molar-refractivity contribution >= 4 is 44.1 Å². The molecular formula is C26H30BrN7OS. The van der Waals surface area contributed by atoms with Gasteiger partial charge in [0, 0.05) is 69.5 Å². The van der Waals surface area contributed by atoms with Crippen LogP contribution in [0.3, 0.4) is 0 Å². The van der Waals surface area contributed by atoms with Gasteiger partial charge in [-0.05, 0) is 28.4 Å². The quantitative estimate of drug-likeness (QED) is 0.372. The number of morpholine rings is 1. The van der Waals surface area contributed by atoms with Crippen molar-refractivity contribution in [2.75, 3.05) is 57.4 Å².